The number of hydrogen-bond donors (Lipinski definition) is 1. The predicted octanol–water partition coefficient (Wildman–Crippen LogP) is 3.24. The van der Waals surface area contributed by atoms with Gasteiger partial charge in [-0.15, -0.1) is 0 Å². The number of nitrogens with zero attached hydrogens (tertiary/aromatic N) is 2. The largest absolute Gasteiger partial charge is 0.395 e. The first kappa shape index (κ1) is 15.2. The van der Waals surface area contributed by atoms with Crippen LogP contribution in [0.3, 0.4) is 0 Å². The maximum absolute atomic E-state index is 13.5. The van der Waals surface area contributed by atoms with Crippen molar-refractivity contribution in [3.05, 3.63) is 32.5 Å². The summed E-state index contributed by atoms with van der Waals surface area (Å²) in [5.41, 5.74) is 0.107. The lowest BCUT2D eigenvalue weighted by Gasteiger charge is -2.30. The third-order valence-electron chi connectivity index (χ3n) is 3.63. The first-order valence-electron chi connectivity index (χ1n) is 6.55. The molecule has 110 valence electrons. The SMILES string of the molecule is O=[N+]([O-])c1cc(F)c(Br)cc1N(CCO)C1CCCC1. The van der Waals surface area contributed by atoms with Gasteiger partial charge >= 0.3 is 0 Å². The van der Waals surface area contributed by atoms with E-state index >= 15 is 0 Å². The van der Waals surface area contributed by atoms with Crippen molar-refractivity contribution in [2.75, 3.05) is 18.1 Å². The molecule has 0 spiro atoms. The molecule has 1 aliphatic rings. The lowest BCUT2D eigenvalue weighted by Crippen LogP contribution is -2.36. The van der Waals surface area contributed by atoms with E-state index in [0.717, 1.165) is 31.7 Å². The average Bonchev–Trinajstić information content (AvgIpc) is 2.92. The van der Waals surface area contributed by atoms with Crippen LogP contribution in [0.25, 0.3) is 0 Å². The second kappa shape index (κ2) is 6.49. The molecule has 0 unspecified atom stereocenters. The Morgan fingerprint density at radius 3 is 2.65 bits per heavy atom. The fourth-order valence-corrected chi connectivity index (χ4v) is 3.06. The minimum Gasteiger partial charge on any atom is -0.395 e. The van der Waals surface area contributed by atoms with Crippen LogP contribution in [-0.2, 0) is 0 Å². The number of aliphatic hydroxyl groups excluding tert-OH is 1. The van der Waals surface area contributed by atoms with E-state index in [9.17, 15) is 19.6 Å². The molecule has 1 aromatic carbocycles. The van der Waals surface area contributed by atoms with Crippen LogP contribution in [0.4, 0.5) is 15.8 Å². The lowest BCUT2D eigenvalue weighted by molar-refractivity contribution is -0.384. The van der Waals surface area contributed by atoms with Gasteiger partial charge in [0.1, 0.15) is 11.5 Å². The van der Waals surface area contributed by atoms with Gasteiger partial charge in [0.2, 0.25) is 0 Å². The van der Waals surface area contributed by atoms with Crippen molar-refractivity contribution < 1.29 is 14.4 Å². The van der Waals surface area contributed by atoms with Gasteiger partial charge in [-0.25, -0.2) is 4.39 Å². The summed E-state index contributed by atoms with van der Waals surface area (Å²) in [7, 11) is 0. The maximum Gasteiger partial charge on any atom is 0.295 e. The van der Waals surface area contributed by atoms with E-state index in [1.807, 2.05) is 4.90 Å². The molecule has 0 heterocycles. The highest BCUT2D eigenvalue weighted by Gasteiger charge is 2.29. The Hall–Kier alpha value is -1.21. The normalized spacial score (nSPS) is 15.6. The highest BCUT2D eigenvalue weighted by Crippen LogP contribution is 2.37. The molecule has 1 saturated carbocycles. The van der Waals surface area contributed by atoms with Crippen molar-refractivity contribution in [1.29, 1.82) is 0 Å². The van der Waals surface area contributed by atoms with E-state index in [-0.39, 0.29) is 22.8 Å². The molecule has 0 saturated heterocycles. The van der Waals surface area contributed by atoms with E-state index in [0.29, 0.717) is 12.2 Å². The van der Waals surface area contributed by atoms with Gasteiger partial charge in [0.25, 0.3) is 5.69 Å². The van der Waals surface area contributed by atoms with Crippen LogP contribution < -0.4 is 4.90 Å². The Kier molecular flexibility index (Phi) is 4.93. The van der Waals surface area contributed by atoms with Crippen molar-refractivity contribution in [2.45, 2.75) is 31.7 Å². The number of rotatable bonds is 5. The first-order chi connectivity index (χ1) is 9.54. The molecule has 20 heavy (non-hydrogen) atoms. The molecule has 0 aliphatic heterocycles. The number of anilines is 1. The molecule has 2 rings (SSSR count). The predicted molar refractivity (Wildman–Crippen MR) is 77.4 cm³/mol. The molecule has 0 bridgehead atoms. The summed E-state index contributed by atoms with van der Waals surface area (Å²) in [5.74, 6) is -0.657. The molecule has 5 nitrogen and oxygen atoms in total. The minimum atomic E-state index is -0.657. The Bertz CT molecular complexity index is 507. The zero-order chi connectivity index (χ0) is 14.7. The second-order valence-corrected chi connectivity index (χ2v) is 5.72. The third-order valence-corrected chi connectivity index (χ3v) is 4.24. The first-order valence-corrected chi connectivity index (χ1v) is 7.35. The average molecular weight is 347 g/mol. The van der Waals surface area contributed by atoms with E-state index < -0.39 is 10.7 Å². The van der Waals surface area contributed by atoms with Crippen molar-refractivity contribution in [2.24, 2.45) is 0 Å². The van der Waals surface area contributed by atoms with Gasteiger partial charge < -0.3 is 10.0 Å². The summed E-state index contributed by atoms with van der Waals surface area (Å²) in [6, 6.07) is 2.53. The molecular weight excluding hydrogens is 331 g/mol. The van der Waals surface area contributed by atoms with Crippen LogP contribution in [0.15, 0.2) is 16.6 Å². The minimum absolute atomic E-state index is 0.0946. The Morgan fingerprint density at radius 2 is 2.10 bits per heavy atom. The van der Waals surface area contributed by atoms with Crippen LogP contribution in [0.1, 0.15) is 25.7 Å². The smallest absolute Gasteiger partial charge is 0.295 e. The van der Waals surface area contributed by atoms with Crippen LogP contribution in [0.2, 0.25) is 0 Å². The maximum atomic E-state index is 13.5. The third kappa shape index (κ3) is 3.09. The monoisotopic (exact) mass is 346 g/mol. The van der Waals surface area contributed by atoms with Crippen molar-refractivity contribution >= 4 is 27.3 Å². The van der Waals surface area contributed by atoms with E-state index in [1.54, 1.807) is 0 Å². The molecule has 0 radical (unpaired) electrons. The fourth-order valence-electron chi connectivity index (χ4n) is 2.73. The van der Waals surface area contributed by atoms with Gasteiger partial charge in [0.05, 0.1) is 22.1 Å². The summed E-state index contributed by atoms with van der Waals surface area (Å²) in [5, 5.41) is 20.4. The molecule has 1 fully saturated rings. The number of halogens is 2. The number of nitro groups is 1. The van der Waals surface area contributed by atoms with Crippen molar-refractivity contribution in [3.63, 3.8) is 0 Å². The highest BCUT2D eigenvalue weighted by atomic mass is 79.9. The van der Waals surface area contributed by atoms with Crippen LogP contribution in [0.5, 0.6) is 0 Å². The van der Waals surface area contributed by atoms with Crippen LogP contribution in [-0.4, -0.2) is 29.2 Å². The molecule has 1 N–H and O–H groups in total. The number of aliphatic hydroxyl groups is 1. The van der Waals surface area contributed by atoms with Crippen LogP contribution in [0, 0.1) is 15.9 Å². The molecule has 0 atom stereocenters. The molecule has 7 heteroatoms. The van der Waals surface area contributed by atoms with Crippen molar-refractivity contribution in [3.8, 4) is 0 Å². The highest BCUT2D eigenvalue weighted by molar-refractivity contribution is 9.10. The molecule has 1 aromatic rings. The lowest BCUT2D eigenvalue weighted by atomic mass is 10.1. The summed E-state index contributed by atoms with van der Waals surface area (Å²) >= 11 is 3.07. The molecular formula is C13H16BrFN2O3. The van der Waals surface area contributed by atoms with E-state index in [4.69, 9.17) is 0 Å². The van der Waals surface area contributed by atoms with Gasteiger partial charge in [0.15, 0.2) is 0 Å². The number of benzene rings is 1. The summed E-state index contributed by atoms with van der Waals surface area (Å²) < 4.78 is 13.7. The zero-order valence-electron chi connectivity index (χ0n) is 10.9. The summed E-state index contributed by atoms with van der Waals surface area (Å²) in [6.07, 6.45) is 4.02. The zero-order valence-corrected chi connectivity index (χ0v) is 12.5. The van der Waals surface area contributed by atoms with E-state index in [1.165, 1.54) is 6.07 Å². The Morgan fingerprint density at radius 1 is 1.45 bits per heavy atom. The molecule has 0 aromatic heterocycles. The Balaban J connectivity index is 2.45. The van der Waals surface area contributed by atoms with Crippen LogP contribution >= 0.6 is 15.9 Å². The Labute approximate surface area is 124 Å². The van der Waals surface area contributed by atoms with Crippen molar-refractivity contribution in [1.82, 2.24) is 0 Å². The summed E-state index contributed by atoms with van der Waals surface area (Å²) in [6.45, 7) is 0.215. The van der Waals surface area contributed by atoms with E-state index in [2.05, 4.69) is 15.9 Å². The number of nitro benzene ring substituents is 1. The topological polar surface area (TPSA) is 66.6 Å². The van der Waals surface area contributed by atoms with Gasteiger partial charge in [-0.2, -0.15) is 0 Å². The summed E-state index contributed by atoms with van der Waals surface area (Å²) in [4.78, 5) is 12.4. The van der Waals surface area contributed by atoms with Gasteiger partial charge in [-0.1, -0.05) is 12.8 Å². The fraction of sp³-hybridized carbons (Fsp3) is 0.538. The molecule has 1 aliphatic carbocycles. The van der Waals surface area contributed by atoms with Gasteiger partial charge in [-0.3, -0.25) is 10.1 Å². The quantitative estimate of drug-likeness (QED) is 0.656. The number of hydrogen-bond acceptors (Lipinski definition) is 4. The van der Waals surface area contributed by atoms with Gasteiger partial charge in [0, 0.05) is 12.6 Å². The molecule has 0 amide bonds. The second-order valence-electron chi connectivity index (χ2n) is 4.87. The van der Waals surface area contributed by atoms with Gasteiger partial charge in [-0.05, 0) is 34.8 Å². The standard InChI is InChI=1S/C13H16BrFN2O3/c14-10-7-12(13(17(19)20)8-11(10)15)16(5-6-18)9-3-1-2-4-9/h7-9,18H,1-6H2.